The van der Waals surface area contributed by atoms with Crippen LogP contribution in [-0.2, 0) is 9.59 Å². The van der Waals surface area contributed by atoms with Crippen LogP contribution in [0, 0.1) is 11.3 Å². The standard InChI is InChI=1S/C11H12N2O2/c1-8(12)10(7-14)11(15)13-9-5-3-2-4-6-9/h2-7,10,12H,1H3,(H,13,15). The van der Waals surface area contributed by atoms with E-state index in [1.807, 2.05) is 6.07 Å². The zero-order chi connectivity index (χ0) is 11.3. The second kappa shape index (κ2) is 5.05. The Hall–Kier alpha value is -1.97. The molecule has 4 heteroatoms. The summed E-state index contributed by atoms with van der Waals surface area (Å²) in [5.74, 6) is -1.46. The third-order valence-corrected chi connectivity index (χ3v) is 1.93. The molecule has 1 rings (SSSR count). The number of carbonyl (C=O) groups excluding carboxylic acids is 2. The highest BCUT2D eigenvalue weighted by Gasteiger charge is 2.19. The van der Waals surface area contributed by atoms with Gasteiger partial charge in [0.25, 0.3) is 0 Å². The molecule has 0 bridgehead atoms. The summed E-state index contributed by atoms with van der Waals surface area (Å²) in [6.45, 7) is 1.43. The summed E-state index contributed by atoms with van der Waals surface area (Å²) < 4.78 is 0. The van der Waals surface area contributed by atoms with Crippen molar-refractivity contribution in [1.82, 2.24) is 0 Å². The van der Waals surface area contributed by atoms with Crippen molar-refractivity contribution in [3.63, 3.8) is 0 Å². The van der Waals surface area contributed by atoms with Crippen molar-refractivity contribution in [1.29, 1.82) is 5.41 Å². The van der Waals surface area contributed by atoms with Gasteiger partial charge in [0.05, 0.1) is 0 Å². The Morgan fingerprint density at radius 3 is 2.47 bits per heavy atom. The van der Waals surface area contributed by atoms with E-state index in [9.17, 15) is 9.59 Å². The number of hydrogen-bond acceptors (Lipinski definition) is 3. The lowest BCUT2D eigenvalue weighted by molar-refractivity contribution is -0.122. The molecular weight excluding hydrogens is 192 g/mol. The highest BCUT2D eigenvalue weighted by molar-refractivity contribution is 6.16. The maximum atomic E-state index is 11.5. The van der Waals surface area contributed by atoms with Gasteiger partial charge in [0.2, 0.25) is 5.91 Å². The van der Waals surface area contributed by atoms with Gasteiger partial charge in [-0.25, -0.2) is 0 Å². The minimum Gasteiger partial charge on any atom is -0.325 e. The molecule has 0 aromatic heterocycles. The van der Waals surface area contributed by atoms with Crippen LogP contribution in [0.2, 0.25) is 0 Å². The summed E-state index contributed by atoms with van der Waals surface area (Å²) in [7, 11) is 0. The van der Waals surface area contributed by atoms with E-state index in [-0.39, 0.29) is 5.71 Å². The smallest absolute Gasteiger partial charge is 0.240 e. The molecule has 1 atom stereocenters. The Balaban J connectivity index is 2.71. The van der Waals surface area contributed by atoms with Gasteiger partial charge in [-0.1, -0.05) is 18.2 Å². The molecule has 4 nitrogen and oxygen atoms in total. The number of carbonyl (C=O) groups is 2. The SMILES string of the molecule is CC(=N)C(C=O)C(=O)Nc1ccccc1. The number of amides is 1. The molecule has 0 fully saturated rings. The summed E-state index contributed by atoms with van der Waals surface area (Å²) in [4.78, 5) is 22.1. The average molecular weight is 204 g/mol. The summed E-state index contributed by atoms with van der Waals surface area (Å²) in [6.07, 6.45) is 0.473. The van der Waals surface area contributed by atoms with Crippen molar-refractivity contribution in [3.05, 3.63) is 30.3 Å². The van der Waals surface area contributed by atoms with E-state index in [0.29, 0.717) is 12.0 Å². The highest BCUT2D eigenvalue weighted by Crippen LogP contribution is 2.07. The molecule has 1 unspecified atom stereocenters. The van der Waals surface area contributed by atoms with E-state index in [0.717, 1.165) is 0 Å². The molecule has 78 valence electrons. The third-order valence-electron chi connectivity index (χ3n) is 1.93. The molecule has 0 saturated heterocycles. The van der Waals surface area contributed by atoms with Gasteiger partial charge in [-0.05, 0) is 19.1 Å². The van der Waals surface area contributed by atoms with Gasteiger partial charge in [0.15, 0.2) is 0 Å². The average Bonchev–Trinajstić information content (AvgIpc) is 2.19. The monoisotopic (exact) mass is 204 g/mol. The van der Waals surface area contributed by atoms with Crippen LogP contribution in [0.15, 0.2) is 30.3 Å². The van der Waals surface area contributed by atoms with Gasteiger partial charge in [-0.3, -0.25) is 4.79 Å². The fourth-order valence-electron chi connectivity index (χ4n) is 1.10. The van der Waals surface area contributed by atoms with E-state index in [2.05, 4.69) is 5.32 Å². The fraction of sp³-hybridized carbons (Fsp3) is 0.182. The summed E-state index contributed by atoms with van der Waals surface area (Å²) >= 11 is 0. The molecule has 0 saturated carbocycles. The molecule has 1 amide bonds. The lowest BCUT2D eigenvalue weighted by Gasteiger charge is -2.09. The molecule has 0 aliphatic heterocycles. The Labute approximate surface area is 87.8 Å². The number of anilines is 1. The number of hydrogen-bond donors (Lipinski definition) is 2. The van der Waals surface area contributed by atoms with Crippen LogP contribution in [0.1, 0.15) is 6.92 Å². The van der Waals surface area contributed by atoms with Crippen molar-refractivity contribution in [2.45, 2.75) is 6.92 Å². The largest absolute Gasteiger partial charge is 0.325 e. The first-order valence-corrected chi connectivity index (χ1v) is 4.51. The van der Waals surface area contributed by atoms with Gasteiger partial charge < -0.3 is 15.5 Å². The predicted octanol–water partition coefficient (Wildman–Crippen LogP) is 1.48. The van der Waals surface area contributed by atoms with Crippen molar-refractivity contribution < 1.29 is 9.59 Å². The molecule has 1 aromatic rings. The van der Waals surface area contributed by atoms with Crippen LogP contribution in [0.3, 0.4) is 0 Å². The molecule has 0 spiro atoms. The quantitative estimate of drug-likeness (QED) is 0.443. The van der Waals surface area contributed by atoms with Crippen LogP contribution in [0.4, 0.5) is 5.69 Å². The maximum absolute atomic E-state index is 11.5. The Morgan fingerprint density at radius 1 is 1.40 bits per heavy atom. The lowest BCUT2D eigenvalue weighted by Crippen LogP contribution is -2.28. The lowest BCUT2D eigenvalue weighted by atomic mass is 10.1. The Bertz CT molecular complexity index is 373. The minimum atomic E-state index is -0.995. The number of para-hydroxylation sites is 1. The van der Waals surface area contributed by atoms with Crippen molar-refractivity contribution in [2.75, 3.05) is 5.32 Å². The summed E-state index contributed by atoms with van der Waals surface area (Å²) in [5.41, 5.74) is 0.661. The normalized spacial score (nSPS) is 11.5. The molecule has 0 aliphatic carbocycles. The second-order valence-corrected chi connectivity index (χ2v) is 3.15. The van der Waals surface area contributed by atoms with Crippen LogP contribution in [-0.4, -0.2) is 17.9 Å². The molecule has 0 radical (unpaired) electrons. The van der Waals surface area contributed by atoms with Crippen LogP contribution in [0.25, 0.3) is 0 Å². The number of nitrogens with one attached hydrogen (secondary N) is 2. The number of aldehydes is 1. The van der Waals surface area contributed by atoms with Gasteiger partial charge in [-0.15, -0.1) is 0 Å². The van der Waals surface area contributed by atoms with E-state index in [4.69, 9.17) is 5.41 Å². The molecule has 0 aliphatic rings. The van der Waals surface area contributed by atoms with E-state index >= 15 is 0 Å². The summed E-state index contributed by atoms with van der Waals surface area (Å²) in [6, 6.07) is 8.83. The van der Waals surface area contributed by atoms with E-state index in [1.165, 1.54) is 6.92 Å². The van der Waals surface area contributed by atoms with Crippen LogP contribution >= 0.6 is 0 Å². The second-order valence-electron chi connectivity index (χ2n) is 3.15. The molecule has 2 N–H and O–H groups in total. The number of benzene rings is 1. The zero-order valence-corrected chi connectivity index (χ0v) is 8.36. The molecule has 1 aromatic carbocycles. The van der Waals surface area contributed by atoms with Crippen LogP contribution in [0.5, 0.6) is 0 Å². The summed E-state index contributed by atoms with van der Waals surface area (Å²) in [5, 5.41) is 9.82. The highest BCUT2D eigenvalue weighted by atomic mass is 16.2. The Kier molecular flexibility index (Phi) is 3.74. The van der Waals surface area contributed by atoms with Crippen molar-refractivity contribution in [3.8, 4) is 0 Å². The first-order valence-electron chi connectivity index (χ1n) is 4.51. The van der Waals surface area contributed by atoms with Gasteiger partial charge >= 0.3 is 0 Å². The third kappa shape index (κ3) is 3.02. The maximum Gasteiger partial charge on any atom is 0.240 e. The Morgan fingerprint density at radius 2 is 2.00 bits per heavy atom. The van der Waals surface area contributed by atoms with Crippen LogP contribution < -0.4 is 5.32 Å². The van der Waals surface area contributed by atoms with Gasteiger partial charge in [0.1, 0.15) is 12.2 Å². The van der Waals surface area contributed by atoms with Gasteiger partial charge in [-0.2, -0.15) is 0 Å². The fourth-order valence-corrected chi connectivity index (χ4v) is 1.10. The number of rotatable bonds is 4. The van der Waals surface area contributed by atoms with Crippen molar-refractivity contribution in [2.24, 2.45) is 5.92 Å². The topological polar surface area (TPSA) is 70.0 Å². The van der Waals surface area contributed by atoms with Gasteiger partial charge in [0, 0.05) is 11.4 Å². The van der Waals surface area contributed by atoms with E-state index in [1.54, 1.807) is 24.3 Å². The van der Waals surface area contributed by atoms with E-state index < -0.39 is 11.8 Å². The molecular formula is C11H12N2O2. The predicted molar refractivity (Wildman–Crippen MR) is 58.0 cm³/mol. The first-order chi connectivity index (χ1) is 7.15. The minimum absolute atomic E-state index is 0.0402. The first kappa shape index (κ1) is 11.1. The zero-order valence-electron chi connectivity index (χ0n) is 8.36. The molecule has 0 heterocycles. The molecule has 15 heavy (non-hydrogen) atoms. The van der Waals surface area contributed by atoms with Crippen molar-refractivity contribution >= 4 is 23.6 Å².